The van der Waals surface area contributed by atoms with Crippen LogP contribution in [0.2, 0.25) is 0 Å². The molecule has 0 aromatic carbocycles. The maximum atomic E-state index is 12.2. The van der Waals surface area contributed by atoms with Gasteiger partial charge in [0.15, 0.2) is 5.82 Å². The number of carbonyl (C=O) groups is 1. The van der Waals surface area contributed by atoms with Gasteiger partial charge in [-0.05, 0) is 20.3 Å². The molecule has 1 aliphatic heterocycles. The molecule has 2 heterocycles. The van der Waals surface area contributed by atoms with Gasteiger partial charge in [-0.15, -0.1) is 0 Å². The highest BCUT2D eigenvalue weighted by molar-refractivity contribution is 5.78. The molecule has 0 unspecified atom stereocenters. The minimum atomic E-state index is 0.0444. The fraction of sp³-hybridized carbons (Fsp3) is 0.688. The second-order valence-corrected chi connectivity index (χ2v) is 6.17. The summed E-state index contributed by atoms with van der Waals surface area (Å²) >= 11 is 0. The van der Waals surface area contributed by atoms with Gasteiger partial charge in [-0.25, -0.2) is 9.97 Å². The van der Waals surface area contributed by atoms with Gasteiger partial charge in [0.05, 0.1) is 6.10 Å². The predicted octanol–water partition coefficient (Wildman–Crippen LogP) is 1.96. The third kappa shape index (κ3) is 4.08. The van der Waals surface area contributed by atoms with Gasteiger partial charge in [-0.3, -0.25) is 4.79 Å². The largest absolute Gasteiger partial charge is 0.472 e. The number of amides is 1. The van der Waals surface area contributed by atoms with Crippen molar-refractivity contribution in [1.29, 1.82) is 0 Å². The molecule has 0 radical (unpaired) electrons. The first kappa shape index (κ1) is 16.5. The lowest BCUT2D eigenvalue weighted by atomic mass is 10.2. The van der Waals surface area contributed by atoms with E-state index in [1.807, 2.05) is 32.6 Å². The number of rotatable bonds is 4. The van der Waals surface area contributed by atoms with E-state index in [4.69, 9.17) is 4.74 Å². The van der Waals surface area contributed by atoms with Crippen LogP contribution in [0.4, 0.5) is 5.82 Å². The summed E-state index contributed by atoms with van der Waals surface area (Å²) in [5, 5.41) is 0. The fourth-order valence-electron chi connectivity index (χ4n) is 2.56. The Bertz CT molecular complexity index is 505. The summed E-state index contributed by atoms with van der Waals surface area (Å²) in [6, 6.07) is 0. The molecule has 22 heavy (non-hydrogen) atoms. The molecule has 1 saturated heterocycles. The van der Waals surface area contributed by atoms with Gasteiger partial charge < -0.3 is 14.5 Å². The average molecular weight is 306 g/mol. The highest BCUT2D eigenvalue weighted by Crippen LogP contribution is 2.24. The maximum absolute atomic E-state index is 12.2. The Morgan fingerprint density at radius 2 is 1.82 bits per heavy atom. The number of ether oxygens (including phenoxy) is 1. The minimum absolute atomic E-state index is 0.0444. The Balaban J connectivity index is 2.10. The van der Waals surface area contributed by atoms with Gasteiger partial charge in [0.1, 0.15) is 0 Å². The van der Waals surface area contributed by atoms with Gasteiger partial charge in [0, 0.05) is 44.5 Å². The van der Waals surface area contributed by atoms with Crippen LogP contribution in [-0.4, -0.2) is 53.1 Å². The zero-order chi connectivity index (χ0) is 16.1. The van der Waals surface area contributed by atoms with E-state index in [0.29, 0.717) is 12.4 Å². The van der Waals surface area contributed by atoms with Crippen LogP contribution in [0, 0.1) is 5.92 Å². The van der Waals surface area contributed by atoms with Crippen LogP contribution in [-0.2, 0) is 4.79 Å². The monoisotopic (exact) mass is 306 g/mol. The van der Waals surface area contributed by atoms with Gasteiger partial charge in [0.2, 0.25) is 5.91 Å². The molecule has 1 amide bonds. The molecule has 0 bridgehead atoms. The molecule has 122 valence electrons. The molecule has 6 heteroatoms. The second kappa shape index (κ2) is 7.42. The van der Waals surface area contributed by atoms with Crippen LogP contribution < -0.4 is 9.64 Å². The van der Waals surface area contributed by atoms with E-state index < -0.39 is 0 Å². The van der Waals surface area contributed by atoms with E-state index >= 15 is 0 Å². The van der Waals surface area contributed by atoms with E-state index in [1.165, 1.54) is 0 Å². The van der Waals surface area contributed by atoms with Crippen molar-refractivity contribution in [2.45, 2.75) is 40.2 Å². The fourth-order valence-corrected chi connectivity index (χ4v) is 2.56. The average Bonchev–Trinajstić information content (AvgIpc) is 2.72. The smallest absolute Gasteiger partial charge is 0.257 e. The SMILES string of the molecule is CC(C)Oc1nccnc1N1CCCN(C(=O)C(C)C)CC1. The molecule has 1 aliphatic rings. The first-order valence-corrected chi connectivity index (χ1v) is 8.00. The Labute approximate surface area is 132 Å². The van der Waals surface area contributed by atoms with Crippen LogP contribution in [0.5, 0.6) is 5.88 Å². The second-order valence-electron chi connectivity index (χ2n) is 6.17. The van der Waals surface area contributed by atoms with Crippen LogP contribution in [0.3, 0.4) is 0 Å². The summed E-state index contributed by atoms with van der Waals surface area (Å²) in [6.45, 7) is 11.0. The first-order valence-electron chi connectivity index (χ1n) is 8.00. The van der Waals surface area contributed by atoms with E-state index in [2.05, 4.69) is 14.9 Å². The topological polar surface area (TPSA) is 58.6 Å². The third-order valence-corrected chi connectivity index (χ3v) is 3.59. The van der Waals surface area contributed by atoms with Crippen molar-refractivity contribution in [2.24, 2.45) is 5.92 Å². The van der Waals surface area contributed by atoms with Gasteiger partial charge in [0.25, 0.3) is 5.88 Å². The Hall–Kier alpha value is -1.85. The lowest BCUT2D eigenvalue weighted by molar-refractivity contribution is -0.134. The Morgan fingerprint density at radius 1 is 1.09 bits per heavy atom. The minimum Gasteiger partial charge on any atom is -0.472 e. The standard InChI is InChI=1S/C16H26N4O2/c1-12(2)16(21)20-9-5-8-19(10-11-20)14-15(22-13(3)4)18-7-6-17-14/h6-7,12-13H,5,8-11H2,1-4H3. The molecule has 1 aromatic rings. The van der Waals surface area contributed by atoms with Gasteiger partial charge in [-0.2, -0.15) is 0 Å². The van der Waals surface area contributed by atoms with Crippen molar-refractivity contribution < 1.29 is 9.53 Å². The van der Waals surface area contributed by atoms with E-state index in [9.17, 15) is 4.79 Å². The van der Waals surface area contributed by atoms with Gasteiger partial charge in [-0.1, -0.05) is 13.8 Å². The van der Waals surface area contributed by atoms with Crippen LogP contribution in [0.1, 0.15) is 34.1 Å². The summed E-state index contributed by atoms with van der Waals surface area (Å²) in [6.07, 6.45) is 4.32. The number of carbonyl (C=O) groups excluding carboxylic acids is 1. The van der Waals surface area contributed by atoms with Crippen LogP contribution in [0.15, 0.2) is 12.4 Å². The highest BCUT2D eigenvalue weighted by atomic mass is 16.5. The van der Waals surface area contributed by atoms with Crippen LogP contribution in [0.25, 0.3) is 0 Å². The van der Waals surface area contributed by atoms with Crippen LogP contribution >= 0.6 is 0 Å². The molecule has 2 rings (SSSR count). The van der Waals surface area contributed by atoms with E-state index in [1.54, 1.807) is 12.4 Å². The van der Waals surface area contributed by atoms with Crippen molar-refractivity contribution in [3.63, 3.8) is 0 Å². The summed E-state index contributed by atoms with van der Waals surface area (Å²) in [5.41, 5.74) is 0. The maximum Gasteiger partial charge on any atom is 0.257 e. The first-order chi connectivity index (χ1) is 10.5. The molecular weight excluding hydrogens is 280 g/mol. The predicted molar refractivity (Wildman–Crippen MR) is 86.0 cm³/mol. The summed E-state index contributed by atoms with van der Waals surface area (Å²) in [4.78, 5) is 25.0. The molecule has 0 saturated carbocycles. The van der Waals surface area contributed by atoms with Crippen molar-refractivity contribution in [1.82, 2.24) is 14.9 Å². The summed E-state index contributed by atoms with van der Waals surface area (Å²) < 4.78 is 5.76. The molecule has 0 aliphatic carbocycles. The van der Waals surface area contributed by atoms with E-state index in [-0.39, 0.29) is 17.9 Å². The lowest BCUT2D eigenvalue weighted by Crippen LogP contribution is -2.37. The lowest BCUT2D eigenvalue weighted by Gasteiger charge is -2.25. The van der Waals surface area contributed by atoms with Gasteiger partial charge >= 0.3 is 0 Å². The quantitative estimate of drug-likeness (QED) is 0.851. The summed E-state index contributed by atoms with van der Waals surface area (Å²) in [7, 11) is 0. The summed E-state index contributed by atoms with van der Waals surface area (Å²) in [5.74, 6) is 1.61. The van der Waals surface area contributed by atoms with Crippen molar-refractivity contribution in [3.05, 3.63) is 12.4 Å². The zero-order valence-corrected chi connectivity index (χ0v) is 14.0. The number of anilines is 1. The number of nitrogens with zero attached hydrogens (tertiary/aromatic N) is 4. The molecule has 0 atom stereocenters. The molecule has 0 N–H and O–H groups in total. The normalized spacial score (nSPS) is 16.1. The van der Waals surface area contributed by atoms with E-state index in [0.717, 1.165) is 31.9 Å². The Kier molecular flexibility index (Phi) is 5.57. The molecule has 1 fully saturated rings. The van der Waals surface area contributed by atoms with Crippen molar-refractivity contribution in [2.75, 3.05) is 31.1 Å². The van der Waals surface area contributed by atoms with Crippen molar-refractivity contribution >= 4 is 11.7 Å². The molecular formula is C16H26N4O2. The molecule has 6 nitrogen and oxygen atoms in total. The Morgan fingerprint density at radius 3 is 2.50 bits per heavy atom. The zero-order valence-electron chi connectivity index (χ0n) is 14.0. The third-order valence-electron chi connectivity index (χ3n) is 3.59. The number of hydrogen-bond donors (Lipinski definition) is 0. The van der Waals surface area contributed by atoms with Crippen molar-refractivity contribution in [3.8, 4) is 5.88 Å². The number of aromatic nitrogens is 2. The molecule has 1 aromatic heterocycles. The highest BCUT2D eigenvalue weighted by Gasteiger charge is 2.23. The molecule has 0 spiro atoms. The number of hydrogen-bond acceptors (Lipinski definition) is 5.